The zero-order valence-corrected chi connectivity index (χ0v) is 16.4. The van der Waals surface area contributed by atoms with Crippen molar-refractivity contribution in [2.24, 2.45) is 7.05 Å². The fourth-order valence-corrected chi connectivity index (χ4v) is 3.79. The zero-order valence-electron chi connectivity index (χ0n) is 15.7. The lowest BCUT2D eigenvalue weighted by Gasteiger charge is -2.30. The van der Waals surface area contributed by atoms with Gasteiger partial charge >= 0.3 is 0 Å². The first-order valence-electron chi connectivity index (χ1n) is 9.26. The summed E-state index contributed by atoms with van der Waals surface area (Å²) < 4.78 is 14.5. The van der Waals surface area contributed by atoms with Crippen LogP contribution in [0.1, 0.15) is 44.8 Å². The second kappa shape index (κ2) is 7.18. The van der Waals surface area contributed by atoms with Crippen molar-refractivity contribution in [3.8, 4) is 5.75 Å². The van der Waals surface area contributed by atoms with Crippen LogP contribution in [0.3, 0.4) is 0 Å². The van der Waals surface area contributed by atoms with Crippen LogP contribution in [0, 0.1) is 5.82 Å². The van der Waals surface area contributed by atoms with E-state index < -0.39 is 28.9 Å². The fraction of sp³-hybridized carbons (Fsp3) is 0.350. The van der Waals surface area contributed by atoms with E-state index >= 15 is 0 Å². The highest BCUT2D eigenvalue weighted by atomic mass is 35.5. The van der Waals surface area contributed by atoms with Gasteiger partial charge in [-0.25, -0.2) is 4.39 Å². The largest absolute Gasteiger partial charge is 0.502 e. The number of benzene rings is 1. The molecule has 1 aliphatic heterocycles. The van der Waals surface area contributed by atoms with Gasteiger partial charge in [0, 0.05) is 31.7 Å². The third kappa shape index (κ3) is 3.48. The predicted octanol–water partition coefficient (Wildman–Crippen LogP) is 1.97. The van der Waals surface area contributed by atoms with Crippen molar-refractivity contribution in [1.82, 2.24) is 14.8 Å². The molecule has 4 rings (SSSR count). The number of nitrogens with zero attached hydrogens (tertiary/aromatic N) is 2. The summed E-state index contributed by atoms with van der Waals surface area (Å²) in [5, 5.41) is 13.2. The molecule has 2 aliphatic rings. The van der Waals surface area contributed by atoms with E-state index in [9.17, 15) is 23.9 Å². The topological polar surface area (TPSA) is 91.6 Å². The molecule has 9 heteroatoms. The Morgan fingerprint density at radius 3 is 2.72 bits per heavy atom. The van der Waals surface area contributed by atoms with E-state index in [1.54, 1.807) is 0 Å². The average Bonchev–Trinajstić information content (AvgIpc) is 3.49. The van der Waals surface area contributed by atoms with Gasteiger partial charge in [-0.15, -0.1) is 0 Å². The van der Waals surface area contributed by atoms with Crippen LogP contribution in [0.15, 0.2) is 23.0 Å². The summed E-state index contributed by atoms with van der Waals surface area (Å²) >= 11 is 5.81. The summed E-state index contributed by atoms with van der Waals surface area (Å²) in [6.07, 6.45) is 2.06. The molecule has 7 nitrogen and oxygen atoms in total. The number of amides is 2. The molecular weight excluding hydrogens is 401 g/mol. The Morgan fingerprint density at radius 2 is 2.07 bits per heavy atom. The minimum absolute atomic E-state index is 0.0527. The molecule has 0 saturated heterocycles. The van der Waals surface area contributed by atoms with Gasteiger partial charge in [0.1, 0.15) is 11.5 Å². The summed E-state index contributed by atoms with van der Waals surface area (Å²) in [6, 6.07) is 4.25. The first-order chi connectivity index (χ1) is 13.8. The molecule has 29 heavy (non-hydrogen) atoms. The van der Waals surface area contributed by atoms with Crippen molar-refractivity contribution in [3.05, 3.63) is 61.8 Å². The molecule has 0 unspecified atom stereocenters. The van der Waals surface area contributed by atoms with E-state index in [1.807, 2.05) is 0 Å². The smallest absolute Gasteiger partial charge is 0.293 e. The SMILES string of the molecule is Cn1c(C(=O)NC2CC2)c2c(c(O)c1=O)C(=O)N(Cc1ccc(F)c(Cl)c1)CC2. The minimum atomic E-state index is -0.801. The molecule has 2 N–H and O–H groups in total. The number of aromatic nitrogens is 1. The quantitative estimate of drug-likeness (QED) is 0.792. The van der Waals surface area contributed by atoms with Crippen LogP contribution >= 0.6 is 11.6 Å². The van der Waals surface area contributed by atoms with Crippen LogP contribution in [-0.2, 0) is 20.0 Å². The third-order valence-electron chi connectivity index (χ3n) is 5.28. The number of hydrogen-bond donors (Lipinski definition) is 2. The third-order valence-corrected chi connectivity index (χ3v) is 5.57. The van der Waals surface area contributed by atoms with Crippen molar-refractivity contribution in [1.29, 1.82) is 0 Å². The summed E-state index contributed by atoms with van der Waals surface area (Å²) in [5.74, 6) is -2.20. The molecule has 152 valence electrons. The van der Waals surface area contributed by atoms with Crippen LogP contribution < -0.4 is 10.9 Å². The van der Waals surface area contributed by atoms with E-state index in [0.29, 0.717) is 17.5 Å². The van der Waals surface area contributed by atoms with E-state index in [1.165, 1.54) is 30.1 Å². The lowest BCUT2D eigenvalue weighted by Crippen LogP contribution is -2.42. The average molecular weight is 420 g/mol. The molecule has 0 spiro atoms. The summed E-state index contributed by atoms with van der Waals surface area (Å²) in [7, 11) is 1.40. The number of halogens is 2. The molecule has 1 fully saturated rings. The molecule has 0 atom stereocenters. The molecule has 0 radical (unpaired) electrons. The molecule has 1 aromatic carbocycles. The Morgan fingerprint density at radius 1 is 1.34 bits per heavy atom. The van der Waals surface area contributed by atoms with E-state index in [-0.39, 0.29) is 35.4 Å². The highest BCUT2D eigenvalue weighted by Crippen LogP contribution is 2.29. The Hall–Kier alpha value is -2.87. The molecule has 1 saturated carbocycles. The van der Waals surface area contributed by atoms with E-state index in [4.69, 9.17) is 11.6 Å². The predicted molar refractivity (Wildman–Crippen MR) is 104 cm³/mol. The minimum Gasteiger partial charge on any atom is -0.502 e. The standard InChI is InChI=1S/C20H19ClFN3O4/c1-24-16(18(27)23-11-3-4-11)12-6-7-25(19(28)15(12)17(26)20(24)29)9-10-2-5-14(22)13(21)8-10/h2,5,8,11,26H,3-4,6-7,9H2,1H3,(H,23,27). The maximum atomic E-state index is 13.4. The number of hydrogen-bond acceptors (Lipinski definition) is 4. The molecule has 2 amide bonds. The van der Waals surface area contributed by atoms with Crippen LogP contribution in [-0.4, -0.2) is 39.0 Å². The molecule has 2 heterocycles. The first kappa shape index (κ1) is 19.4. The Balaban J connectivity index is 1.71. The number of nitrogens with one attached hydrogen (secondary N) is 1. The number of pyridine rings is 1. The second-order valence-electron chi connectivity index (χ2n) is 7.39. The number of rotatable bonds is 4. The van der Waals surface area contributed by atoms with Gasteiger partial charge in [0.15, 0.2) is 5.75 Å². The molecule has 2 aromatic rings. The van der Waals surface area contributed by atoms with Crippen LogP contribution in [0.5, 0.6) is 5.75 Å². The maximum Gasteiger partial charge on any atom is 0.293 e. The van der Waals surface area contributed by atoms with Gasteiger partial charge in [0.05, 0.1) is 10.6 Å². The molecule has 0 bridgehead atoms. The monoisotopic (exact) mass is 419 g/mol. The van der Waals surface area contributed by atoms with Gasteiger partial charge < -0.3 is 19.9 Å². The normalized spacial score (nSPS) is 16.0. The van der Waals surface area contributed by atoms with E-state index in [0.717, 1.165) is 17.4 Å². The number of carbonyl (C=O) groups excluding carboxylic acids is 2. The zero-order chi connectivity index (χ0) is 20.9. The summed E-state index contributed by atoms with van der Waals surface area (Å²) in [5.41, 5.74) is 0.134. The highest BCUT2D eigenvalue weighted by Gasteiger charge is 2.35. The molecular formula is C20H19ClFN3O4. The lowest BCUT2D eigenvalue weighted by atomic mass is 9.95. The van der Waals surface area contributed by atoms with E-state index in [2.05, 4.69) is 5.32 Å². The van der Waals surface area contributed by atoms with Gasteiger partial charge in [0.25, 0.3) is 17.4 Å². The van der Waals surface area contributed by atoms with Crippen molar-refractivity contribution < 1.29 is 19.1 Å². The van der Waals surface area contributed by atoms with Crippen molar-refractivity contribution in [3.63, 3.8) is 0 Å². The number of aromatic hydroxyl groups is 1. The second-order valence-corrected chi connectivity index (χ2v) is 7.80. The van der Waals surface area contributed by atoms with Crippen LogP contribution in [0.4, 0.5) is 4.39 Å². The van der Waals surface area contributed by atoms with Gasteiger partial charge in [0.2, 0.25) is 0 Å². The van der Waals surface area contributed by atoms with Crippen molar-refractivity contribution in [2.45, 2.75) is 31.8 Å². The van der Waals surface area contributed by atoms with Gasteiger partial charge in [-0.2, -0.15) is 0 Å². The Bertz CT molecular complexity index is 1090. The van der Waals surface area contributed by atoms with Gasteiger partial charge in [-0.05, 0) is 37.0 Å². The van der Waals surface area contributed by atoms with Crippen molar-refractivity contribution >= 4 is 23.4 Å². The fourth-order valence-electron chi connectivity index (χ4n) is 3.59. The van der Waals surface area contributed by atoms with Crippen molar-refractivity contribution in [2.75, 3.05) is 6.54 Å². The first-order valence-corrected chi connectivity index (χ1v) is 9.64. The van der Waals surface area contributed by atoms with Gasteiger partial charge in [-0.1, -0.05) is 17.7 Å². The van der Waals surface area contributed by atoms with Crippen LogP contribution in [0.2, 0.25) is 5.02 Å². The highest BCUT2D eigenvalue weighted by molar-refractivity contribution is 6.30. The maximum absolute atomic E-state index is 13.4. The Kier molecular flexibility index (Phi) is 4.82. The summed E-state index contributed by atoms with van der Waals surface area (Å²) in [4.78, 5) is 39.6. The molecule has 1 aliphatic carbocycles. The molecule has 1 aromatic heterocycles. The lowest BCUT2D eigenvalue weighted by molar-refractivity contribution is 0.0721. The number of carbonyl (C=O) groups is 2. The van der Waals surface area contributed by atoms with Crippen LogP contribution in [0.25, 0.3) is 0 Å². The van der Waals surface area contributed by atoms with Gasteiger partial charge in [-0.3, -0.25) is 14.4 Å². The summed E-state index contributed by atoms with van der Waals surface area (Å²) in [6.45, 7) is 0.415. The number of fused-ring (bicyclic) bond motifs is 1. The Labute approximate surface area is 170 Å².